The first-order chi connectivity index (χ1) is 7.28. The molecule has 0 unspecified atom stereocenters. The van der Waals surface area contributed by atoms with E-state index in [1.54, 1.807) is 19.1 Å². The molecule has 0 aliphatic rings. The van der Waals surface area contributed by atoms with Crippen molar-refractivity contribution in [2.45, 2.75) is 6.92 Å². The highest BCUT2D eigenvalue weighted by Gasteiger charge is 2.13. The van der Waals surface area contributed by atoms with Crippen molar-refractivity contribution in [3.63, 3.8) is 0 Å². The third-order valence-electron chi connectivity index (χ3n) is 1.56. The van der Waals surface area contributed by atoms with Crippen molar-refractivity contribution in [1.29, 1.82) is 0 Å². The molecule has 8 heteroatoms. The first-order valence-electron chi connectivity index (χ1n) is 3.98. The summed E-state index contributed by atoms with van der Waals surface area (Å²) in [6.07, 6.45) is -1.16. The SMILES string of the molecule is Cc1ccc(Br)cc1OC(=O)NS(=O)(=O)Cl. The van der Waals surface area contributed by atoms with Gasteiger partial charge in [-0.05, 0) is 24.6 Å². The molecule has 0 aromatic heterocycles. The molecule has 0 aliphatic heterocycles. The quantitative estimate of drug-likeness (QED) is 0.846. The van der Waals surface area contributed by atoms with E-state index in [-0.39, 0.29) is 5.75 Å². The largest absolute Gasteiger partial charge is 0.427 e. The Labute approximate surface area is 105 Å². The van der Waals surface area contributed by atoms with Crippen molar-refractivity contribution in [1.82, 2.24) is 4.72 Å². The van der Waals surface area contributed by atoms with Gasteiger partial charge in [-0.2, -0.15) is 8.42 Å². The smallest absolute Gasteiger partial charge is 0.409 e. The Morgan fingerprint density at radius 3 is 2.69 bits per heavy atom. The minimum atomic E-state index is -4.13. The molecule has 0 heterocycles. The van der Waals surface area contributed by atoms with E-state index in [0.717, 1.165) is 0 Å². The van der Waals surface area contributed by atoms with E-state index in [1.165, 1.54) is 10.8 Å². The topological polar surface area (TPSA) is 72.5 Å². The lowest BCUT2D eigenvalue weighted by atomic mass is 10.2. The third kappa shape index (κ3) is 4.38. The minimum Gasteiger partial charge on any atom is -0.409 e. The molecular weight excluding hydrogens is 322 g/mol. The van der Waals surface area contributed by atoms with Gasteiger partial charge >= 0.3 is 15.3 Å². The molecule has 0 aliphatic carbocycles. The van der Waals surface area contributed by atoms with Gasteiger partial charge in [0.1, 0.15) is 5.75 Å². The summed E-state index contributed by atoms with van der Waals surface area (Å²) >= 11 is 3.19. The molecule has 1 amide bonds. The van der Waals surface area contributed by atoms with E-state index in [2.05, 4.69) is 15.9 Å². The minimum absolute atomic E-state index is 0.243. The van der Waals surface area contributed by atoms with Crippen molar-refractivity contribution in [2.75, 3.05) is 0 Å². The summed E-state index contributed by atoms with van der Waals surface area (Å²) in [6, 6.07) is 5.01. The summed E-state index contributed by atoms with van der Waals surface area (Å²) < 4.78 is 28.0. The van der Waals surface area contributed by atoms with Gasteiger partial charge in [0.25, 0.3) is 0 Å². The highest BCUT2D eigenvalue weighted by molar-refractivity contribution is 9.10. The van der Waals surface area contributed by atoms with Crippen LogP contribution in [0, 0.1) is 6.92 Å². The van der Waals surface area contributed by atoms with Gasteiger partial charge in [0.05, 0.1) is 0 Å². The second-order valence-electron chi connectivity index (χ2n) is 2.84. The molecule has 0 fully saturated rings. The molecule has 5 nitrogen and oxygen atoms in total. The Kier molecular flexibility index (Phi) is 4.17. The monoisotopic (exact) mass is 327 g/mol. The van der Waals surface area contributed by atoms with Gasteiger partial charge in [-0.3, -0.25) is 0 Å². The van der Waals surface area contributed by atoms with Crippen LogP contribution in [0.15, 0.2) is 22.7 Å². The molecule has 1 N–H and O–H groups in total. The first-order valence-corrected chi connectivity index (χ1v) is 7.08. The molecule has 0 bridgehead atoms. The van der Waals surface area contributed by atoms with Crippen molar-refractivity contribution < 1.29 is 17.9 Å². The van der Waals surface area contributed by atoms with Gasteiger partial charge < -0.3 is 4.74 Å². The molecule has 0 atom stereocenters. The highest BCUT2D eigenvalue weighted by atomic mass is 79.9. The van der Waals surface area contributed by atoms with E-state index < -0.39 is 15.3 Å². The maximum atomic E-state index is 11.1. The van der Waals surface area contributed by atoms with Crippen LogP contribution in [0.2, 0.25) is 0 Å². The predicted molar refractivity (Wildman–Crippen MR) is 62.8 cm³/mol. The van der Waals surface area contributed by atoms with Crippen LogP contribution >= 0.6 is 26.6 Å². The zero-order valence-corrected chi connectivity index (χ0v) is 11.2. The lowest BCUT2D eigenvalue weighted by Gasteiger charge is -2.07. The Morgan fingerprint density at radius 1 is 1.50 bits per heavy atom. The molecule has 0 radical (unpaired) electrons. The number of aryl methyl sites for hydroxylation is 1. The zero-order chi connectivity index (χ0) is 12.3. The molecule has 16 heavy (non-hydrogen) atoms. The fourth-order valence-corrected chi connectivity index (χ4v) is 1.67. The zero-order valence-electron chi connectivity index (χ0n) is 8.03. The van der Waals surface area contributed by atoms with Gasteiger partial charge in [-0.15, -0.1) is 0 Å². The van der Waals surface area contributed by atoms with E-state index in [4.69, 9.17) is 15.4 Å². The van der Waals surface area contributed by atoms with Crippen molar-refractivity contribution in [3.8, 4) is 5.75 Å². The van der Waals surface area contributed by atoms with E-state index >= 15 is 0 Å². The van der Waals surface area contributed by atoms with Gasteiger partial charge in [-0.25, -0.2) is 9.52 Å². The van der Waals surface area contributed by atoms with Crippen molar-refractivity contribution in [3.05, 3.63) is 28.2 Å². The average Bonchev–Trinajstić information content (AvgIpc) is 2.08. The third-order valence-corrected chi connectivity index (χ3v) is 2.69. The molecule has 1 aromatic rings. The Morgan fingerprint density at radius 2 is 2.12 bits per heavy atom. The number of benzene rings is 1. The molecule has 0 saturated carbocycles. The fourth-order valence-electron chi connectivity index (χ4n) is 0.904. The molecule has 0 saturated heterocycles. The van der Waals surface area contributed by atoms with Gasteiger partial charge in [0.15, 0.2) is 0 Å². The standard InChI is InChI=1S/C8H7BrClNO4S/c1-5-2-3-6(9)4-7(5)15-8(12)11-16(10,13)14/h2-4H,1H3,(H,11,12). The van der Waals surface area contributed by atoms with Crippen LogP contribution in [0.3, 0.4) is 0 Å². The number of carbonyl (C=O) groups excluding carboxylic acids is 1. The first kappa shape index (κ1) is 13.3. The lowest BCUT2D eigenvalue weighted by Crippen LogP contribution is -2.29. The second-order valence-corrected chi connectivity index (χ2v) is 6.05. The van der Waals surface area contributed by atoms with Crippen LogP contribution in [-0.2, 0) is 9.24 Å². The number of carbonyl (C=O) groups is 1. The van der Waals surface area contributed by atoms with Gasteiger partial charge in [-0.1, -0.05) is 22.0 Å². The highest BCUT2D eigenvalue weighted by Crippen LogP contribution is 2.22. The number of nitrogens with one attached hydrogen (secondary N) is 1. The Balaban J connectivity index is 2.81. The summed E-state index contributed by atoms with van der Waals surface area (Å²) in [6.45, 7) is 1.71. The number of ether oxygens (including phenoxy) is 1. The van der Waals surface area contributed by atoms with Crippen LogP contribution in [0.5, 0.6) is 5.75 Å². The maximum Gasteiger partial charge on any atom is 0.427 e. The summed E-state index contributed by atoms with van der Waals surface area (Å²) in [5.41, 5.74) is 0.685. The summed E-state index contributed by atoms with van der Waals surface area (Å²) in [4.78, 5) is 11.1. The van der Waals surface area contributed by atoms with Crippen LogP contribution in [0.25, 0.3) is 0 Å². The van der Waals surface area contributed by atoms with Gasteiger partial charge in [0, 0.05) is 15.2 Å². The van der Waals surface area contributed by atoms with E-state index in [1.807, 2.05) is 0 Å². The normalized spacial score (nSPS) is 10.9. The molecular formula is C8H7BrClNO4S. The molecule has 1 rings (SSSR count). The summed E-state index contributed by atoms with van der Waals surface area (Å²) in [5, 5.41) is 0. The second kappa shape index (κ2) is 5.03. The fraction of sp³-hybridized carbons (Fsp3) is 0.125. The molecule has 0 spiro atoms. The average molecular weight is 329 g/mol. The van der Waals surface area contributed by atoms with Crippen molar-refractivity contribution >= 4 is 41.9 Å². The lowest BCUT2D eigenvalue weighted by molar-refractivity contribution is 0.206. The Bertz CT molecular complexity index is 517. The predicted octanol–water partition coefficient (Wildman–Crippen LogP) is 2.33. The summed E-state index contributed by atoms with van der Waals surface area (Å²) in [7, 11) is 0.686. The number of halogens is 2. The van der Waals surface area contributed by atoms with Crippen LogP contribution < -0.4 is 9.46 Å². The number of hydrogen-bond acceptors (Lipinski definition) is 4. The Hall–Kier alpha value is -0.790. The number of rotatable bonds is 2. The molecule has 88 valence electrons. The summed E-state index contributed by atoms with van der Waals surface area (Å²) in [5.74, 6) is 0.243. The number of hydrogen-bond donors (Lipinski definition) is 1. The molecule has 1 aromatic carbocycles. The van der Waals surface area contributed by atoms with E-state index in [0.29, 0.717) is 10.0 Å². The van der Waals surface area contributed by atoms with Crippen molar-refractivity contribution in [2.24, 2.45) is 0 Å². The maximum absolute atomic E-state index is 11.1. The van der Waals surface area contributed by atoms with Crippen LogP contribution in [0.1, 0.15) is 5.56 Å². The number of amides is 1. The van der Waals surface area contributed by atoms with Crippen LogP contribution in [-0.4, -0.2) is 14.5 Å². The van der Waals surface area contributed by atoms with E-state index in [9.17, 15) is 13.2 Å². The van der Waals surface area contributed by atoms with Gasteiger partial charge in [0.2, 0.25) is 0 Å². The van der Waals surface area contributed by atoms with Crippen LogP contribution in [0.4, 0.5) is 4.79 Å².